The SMILES string of the molecule is O=C(CNC(=O)c1cc2ccccc2s1)c1ccc(Cl)c(F)c1. The topological polar surface area (TPSA) is 46.2 Å². The fraction of sp³-hybridized carbons (Fsp3) is 0.0588. The van der Waals surface area contributed by atoms with Crippen LogP contribution in [0.2, 0.25) is 5.02 Å². The second kappa shape index (κ2) is 6.48. The zero-order chi connectivity index (χ0) is 16.4. The Morgan fingerprint density at radius 1 is 1.13 bits per heavy atom. The average Bonchev–Trinajstić information content (AvgIpc) is 2.99. The summed E-state index contributed by atoms with van der Waals surface area (Å²) >= 11 is 6.93. The molecule has 0 atom stereocenters. The molecule has 2 aromatic carbocycles. The van der Waals surface area contributed by atoms with Gasteiger partial charge in [-0.05, 0) is 35.7 Å². The van der Waals surface area contributed by atoms with Crippen molar-refractivity contribution in [3.05, 3.63) is 69.8 Å². The predicted octanol–water partition coefficient (Wildman–Crippen LogP) is 4.31. The zero-order valence-corrected chi connectivity index (χ0v) is 13.4. The van der Waals surface area contributed by atoms with Crippen molar-refractivity contribution in [3.8, 4) is 0 Å². The molecule has 0 aliphatic heterocycles. The molecule has 0 unspecified atom stereocenters. The molecule has 1 aromatic heterocycles. The van der Waals surface area contributed by atoms with Gasteiger partial charge in [0.2, 0.25) is 0 Å². The lowest BCUT2D eigenvalue weighted by atomic mass is 10.1. The van der Waals surface area contributed by atoms with Crippen LogP contribution in [0.15, 0.2) is 48.5 Å². The van der Waals surface area contributed by atoms with E-state index in [1.165, 1.54) is 23.5 Å². The molecule has 1 heterocycles. The minimum atomic E-state index is -0.659. The zero-order valence-electron chi connectivity index (χ0n) is 11.8. The number of benzene rings is 2. The number of nitrogens with one attached hydrogen (secondary N) is 1. The first-order valence-electron chi connectivity index (χ1n) is 6.79. The van der Waals surface area contributed by atoms with Gasteiger partial charge in [-0.2, -0.15) is 0 Å². The van der Waals surface area contributed by atoms with Crippen molar-refractivity contribution in [2.24, 2.45) is 0 Å². The summed E-state index contributed by atoms with van der Waals surface area (Å²) in [6.45, 7) is -0.200. The van der Waals surface area contributed by atoms with E-state index in [0.29, 0.717) is 4.88 Å². The van der Waals surface area contributed by atoms with Gasteiger partial charge in [-0.3, -0.25) is 9.59 Å². The smallest absolute Gasteiger partial charge is 0.261 e. The average molecular weight is 348 g/mol. The molecule has 116 valence electrons. The molecule has 0 fully saturated rings. The first-order chi connectivity index (χ1) is 11.0. The number of amides is 1. The van der Waals surface area contributed by atoms with Crippen molar-refractivity contribution in [3.63, 3.8) is 0 Å². The van der Waals surface area contributed by atoms with E-state index < -0.39 is 5.82 Å². The highest BCUT2D eigenvalue weighted by atomic mass is 35.5. The Labute approximate surface area is 140 Å². The highest BCUT2D eigenvalue weighted by Gasteiger charge is 2.13. The number of halogens is 2. The van der Waals surface area contributed by atoms with Crippen molar-refractivity contribution < 1.29 is 14.0 Å². The number of ketones is 1. The second-order valence-corrected chi connectivity index (χ2v) is 6.37. The number of hydrogen-bond acceptors (Lipinski definition) is 3. The molecule has 1 amide bonds. The highest BCUT2D eigenvalue weighted by molar-refractivity contribution is 7.20. The molecule has 0 bridgehead atoms. The van der Waals surface area contributed by atoms with Gasteiger partial charge < -0.3 is 5.32 Å². The molecule has 6 heteroatoms. The van der Waals surface area contributed by atoms with E-state index in [1.807, 2.05) is 24.3 Å². The molecule has 1 N–H and O–H groups in total. The number of carbonyl (C=O) groups excluding carboxylic acids is 2. The van der Waals surface area contributed by atoms with Crippen LogP contribution in [0.3, 0.4) is 0 Å². The van der Waals surface area contributed by atoms with Gasteiger partial charge in [0.1, 0.15) is 5.82 Å². The third-order valence-electron chi connectivity index (χ3n) is 3.30. The van der Waals surface area contributed by atoms with Crippen LogP contribution in [-0.2, 0) is 0 Å². The maximum Gasteiger partial charge on any atom is 0.261 e. The van der Waals surface area contributed by atoms with E-state index in [-0.39, 0.29) is 28.8 Å². The number of rotatable bonds is 4. The summed E-state index contributed by atoms with van der Waals surface area (Å²) in [5.41, 5.74) is 0.170. The van der Waals surface area contributed by atoms with Gasteiger partial charge in [0.25, 0.3) is 5.91 Å². The Morgan fingerprint density at radius 3 is 2.65 bits per heavy atom. The fourth-order valence-corrected chi connectivity index (χ4v) is 3.21. The van der Waals surface area contributed by atoms with Crippen LogP contribution in [0, 0.1) is 5.82 Å². The Hall–Kier alpha value is -2.24. The molecule has 0 radical (unpaired) electrons. The van der Waals surface area contributed by atoms with Gasteiger partial charge >= 0.3 is 0 Å². The van der Waals surface area contributed by atoms with Crippen LogP contribution < -0.4 is 5.32 Å². The monoisotopic (exact) mass is 347 g/mol. The Kier molecular flexibility index (Phi) is 4.41. The quantitative estimate of drug-likeness (QED) is 0.715. The van der Waals surface area contributed by atoms with E-state index in [2.05, 4.69) is 5.32 Å². The third-order valence-corrected chi connectivity index (χ3v) is 4.72. The van der Waals surface area contributed by atoms with Crippen LogP contribution in [0.5, 0.6) is 0 Å². The highest BCUT2D eigenvalue weighted by Crippen LogP contribution is 2.25. The van der Waals surface area contributed by atoms with Crippen LogP contribution in [0.4, 0.5) is 4.39 Å². The maximum atomic E-state index is 13.4. The Morgan fingerprint density at radius 2 is 1.91 bits per heavy atom. The molecule has 3 nitrogen and oxygen atoms in total. The van der Waals surface area contributed by atoms with Crippen LogP contribution in [0.25, 0.3) is 10.1 Å². The Bertz CT molecular complexity index is 873. The van der Waals surface area contributed by atoms with Gasteiger partial charge in [-0.1, -0.05) is 29.8 Å². The van der Waals surface area contributed by atoms with Crippen molar-refractivity contribution >= 4 is 44.7 Å². The molecular formula is C17H11ClFNO2S. The molecule has 0 aliphatic carbocycles. The molecule has 3 rings (SSSR count). The molecule has 0 saturated carbocycles. The molecular weight excluding hydrogens is 337 g/mol. The van der Waals surface area contributed by atoms with Crippen molar-refractivity contribution in [2.75, 3.05) is 6.54 Å². The van der Waals surface area contributed by atoms with E-state index in [9.17, 15) is 14.0 Å². The van der Waals surface area contributed by atoms with Gasteiger partial charge in [-0.15, -0.1) is 11.3 Å². The third kappa shape index (κ3) is 3.41. The summed E-state index contributed by atoms with van der Waals surface area (Å²) in [7, 11) is 0. The summed E-state index contributed by atoms with van der Waals surface area (Å²) in [5, 5.41) is 3.49. The van der Waals surface area contributed by atoms with E-state index in [1.54, 1.807) is 6.07 Å². The normalized spacial score (nSPS) is 10.7. The molecule has 23 heavy (non-hydrogen) atoms. The lowest BCUT2D eigenvalue weighted by Gasteiger charge is -2.04. The predicted molar refractivity (Wildman–Crippen MR) is 89.9 cm³/mol. The minimum absolute atomic E-state index is 0.0455. The summed E-state index contributed by atoms with van der Waals surface area (Å²) in [6.07, 6.45) is 0. The minimum Gasteiger partial charge on any atom is -0.344 e. The summed E-state index contributed by atoms with van der Waals surface area (Å²) in [6, 6.07) is 13.2. The number of Topliss-reactive ketones (excluding diaryl/α,β-unsaturated/α-hetero) is 1. The number of thiophene rings is 1. The maximum absolute atomic E-state index is 13.4. The van der Waals surface area contributed by atoms with Gasteiger partial charge in [0.05, 0.1) is 16.4 Å². The van der Waals surface area contributed by atoms with E-state index in [0.717, 1.165) is 16.2 Å². The first-order valence-corrected chi connectivity index (χ1v) is 7.99. The lowest BCUT2D eigenvalue weighted by molar-refractivity contribution is 0.0906. The number of carbonyl (C=O) groups is 2. The lowest BCUT2D eigenvalue weighted by Crippen LogP contribution is -2.29. The molecule has 0 spiro atoms. The first kappa shape index (κ1) is 15.6. The Balaban J connectivity index is 1.68. The van der Waals surface area contributed by atoms with E-state index in [4.69, 9.17) is 11.6 Å². The molecule has 0 aliphatic rings. The van der Waals surface area contributed by atoms with Crippen LogP contribution in [-0.4, -0.2) is 18.2 Å². The van der Waals surface area contributed by atoms with Gasteiger partial charge in [-0.25, -0.2) is 4.39 Å². The van der Waals surface area contributed by atoms with E-state index >= 15 is 0 Å². The van der Waals surface area contributed by atoms with Crippen LogP contribution in [0.1, 0.15) is 20.0 Å². The largest absolute Gasteiger partial charge is 0.344 e. The summed E-state index contributed by atoms with van der Waals surface area (Å²) in [4.78, 5) is 24.6. The number of hydrogen-bond donors (Lipinski definition) is 1. The van der Waals surface area contributed by atoms with Gasteiger partial charge in [0.15, 0.2) is 5.78 Å². The summed E-state index contributed by atoms with van der Waals surface area (Å²) in [5.74, 6) is -1.36. The van der Waals surface area contributed by atoms with Crippen LogP contribution >= 0.6 is 22.9 Å². The fourth-order valence-electron chi connectivity index (χ4n) is 2.11. The molecule has 0 saturated heterocycles. The van der Waals surface area contributed by atoms with Crippen molar-refractivity contribution in [1.82, 2.24) is 5.32 Å². The van der Waals surface area contributed by atoms with Gasteiger partial charge in [0, 0.05) is 10.3 Å². The standard InChI is InChI=1S/C17H11ClFNO2S/c18-12-6-5-10(7-13(12)19)14(21)9-20-17(22)16-8-11-3-1-2-4-15(11)23-16/h1-8H,9H2,(H,20,22). The summed E-state index contributed by atoms with van der Waals surface area (Å²) < 4.78 is 14.4. The van der Waals surface area contributed by atoms with Crippen molar-refractivity contribution in [1.29, 1.82) is 0 Å². The second-order valence-electron chi connectivity index (χ2n) is 4.88. The molecule has 3 aromatic rings. The number of fused-ring (bicyclic) bond motifs is 1. The van der Waals surface area contributed by atoms with Crippen molar-refractivity contribution in [2.45, 2.75) is 0 Å².